The first kappa shape index (κ1) is 14.2. The third kappa shape index (κ3) is 5.18. The van der Waals surface area contributed by atoms with Crippen LogP contribution in [0.4, 0.5) is 4.79 Å². The van der Waals surface area contributed by atoms with E-state index < -0.39 is 17.9 Å². The topological polar surface area (TPSA) is 98.7 Å². The molecule has 0 aromatic heterocycles. The minimum Gasteiger partial charge on any atom is -0.481 e. The smallest absolute Gasteiger partial charge is 0.317 e. The Morgan fingerprint density at radius 2 is 1.94 bits per heavy atom. The highest BCUT2D eigenvalue weighted by Crippen LogP contribution is 1.92. The fourth-order valence-electron chi connectivity index (χ4n) is 0.829. The van der Waals surface area contributed by atoms with E-state index in [1.165, 1.54) is 25.9 Å². The molecule has 7 heteroatoms. The lowest BCUT2D eigenvalue weighted by Gasteiger charge is -2.17. The highest BCUT2D eigenvalue weighted by atomic mass is 16.4. The second-order valence-corrected chi connectivity index (χ2v) is 3.45. The minimum absolute atomic E-state index is 0.0340. The summed E-state index contributed by atoms with van der Waals surface area (Å²) in [5, 5.41) is 13.4. The second kappa shape index (κ2) is 6.65. The Kier molecular flexibility index (Phi) is 5.91. The van der Waals surface area contributed by atoms with Crippen molar-refractivity contribution >= 4 is 17.9 Å². The first-order chi connectivity index (χ1) is 7.38. The molecule has 0 fully saturated rings. The van der Waals surface area contributed by atoms with Crippen molar-refractivity contribution in [3.63, 3.8) is 0 Å². The number of carboxylic acids is 1. The molecule has 92 valence electrons. The number of carbonyl (C=O) groups is 3. The molecule has 0 rings (SSSR count). The number of carbonyl (C=O) groups excluding carboxylic acids is 2. The maximum Gasteiger partial charge on any atom is 0.317 e. The molecule has 16 heavy (non-hydrogen) atoms. The largest absolute Gasteiger partial charge is 0.481 e. The van der Waals surface area contributed by atoms with E-state index in [-0.39, 0.29) is 19.0 Å². The van der Waals surface area contributed by atoms with Gasteiger partial charge < -0.3 is 20.6 Å². The van der Waals surface area contributed by atoms with Gasteiger partial charge in [0.1, 0.15) is 6.54 Å². The van der Waals surface area contributed by atoms with Crippen molar-refractivity contribution in [3.8, 4) is 0 Å². The average molecular weight is 231 g/mol. The number of rotatable bonds is 5. The molecular weight excluding hydrogens is 214 g/mol. The van der Waals surface area contributed by atoms with Crippen LogP contribution in [0, 0.1) is 5.92 Å². The Labute approximate surface area is 93.8 Å². The number of hydrogen-bond acceptors (Lipinski definition) is 3. The highest BCUT2D eigenvalue weighted by molar-refractivity contribution is 5.83. The first-order valence-corrected chi connectivity index (χ1v) is 4.80. The highest BCUT2D eigenvalue weighted by Gasteiger charge is 2.15. The zero-order valence-corrected chi connectivity index (χ0v) is 9.61. The number of nitrogens with one attached hydrogen (secondary N) is 2. The molecule has 3 N–H and O–H groups in total. The van der Waals surface area contributed by atoms with E-state index in [2.05, 4.69) is 10.6 Å². The maximum atomic E-state index is 11.4. The van der Waals surface area contributed by atoms with Crippen LogP contribution in [-0.4, -0.2) is 55.1 Å². The zero-order chi connectivity index (χ0) is 12.7. The number of likely N-dealkylation sites (N-methyl/N-ethyl adjacent to an activating group) is 2. The molecular formula is C9H17N3O4. The molecule has 3 amide bonds. The number of nitrogens with zero attached hydrogens (tertiary/aromatic N) is 1. The van der Waals surface area contributed by atoms with Crippen molar-refractivity contribution in [3.05, 3.63) is 0 Å². The number of aliphatic carboxylic acids is 1. The van der Waals surface area contributed by atoms with E-state index in [4.69, 9.17) is 5.11 Å². The van der Waals surface area contributed by atoms with Gasteiger partial charge in [0.2, 0.25) is 5.91 Å². The van der Waals surface area contributed by atoms with Gasteiger partial charge in [-0.05, 0) is 0 Å². The van der Waals surface area contributed by atoms with Gasteiger partial charge in [0, 0.05) is 20.6 Å². The van der Waals surface area contributed by atoms with Crippen LogP contribution in [0.25, 0.3) is 0 Å². The summed E-state index contributed by atoms with van der Waals surface area (Å²) in [6.07, 6.45) is 0. The quantitative estimate of drug-likeness (QED) is 0.570. The van der Waals surface area contributed by atoms with E-state index in [1.807, 2.05) is 0 Å². The van der Waals surface area contributed by atoms with Crippen LogP contribution in [0.2, 0.25) is 0 Å². The lowest BCUT2D eigenvalue weighted by molar-refractivity contribution is -0.140. The molecule has 0 radical (unpaired) electrons. The molecule has 0 aliphatic heterocycles. The molecule has 7 nitrogen and oxygen atoms in total. The SMILES string of the molecule is CNC(=O)CN(C)C(=O)NCC(C)C(=O)O. The summed E-state index contributed by atoms with van der Waals surface area (Å²) < 4.78 is 0. The van der Waals surface area contributed by atoms with Crippen LogP contribution in [0.15, 0.2) is 0 Å². The van der Waals surface area contributed by atoms with E-state index in [0.717, 1.165) is 0 Å². The van der Waals surface area contributed by atoms with E-state index in [1.54, 1.807) is 0 Å². The number of carboxylic acid groups (broad SMARTS) is 1. The van der Waals surface area contributed by atoms with Crippen LogP contribution in [-0.2, 0) is 9.59 Å². The molecule has 1 unspecified atom stereocenters. The molecule has 0 saturated heterocycles. The summed E-state index contributed by atoms with van der Waals surface area (Å²) in [6, 6.07) is -0.475. The third-order valence-corrected chi connectivity index (χ3v) is 1.99. The minimum atomic E-state index is -0.978. The molecule has 0 aliphatic carbocycles. The van der Waals surface area contributed by atoms with Crippen LogP contribution >= 0.6 is 0 Å². The molecule has 0 spiro atoms. The third-order valence-electron chi connectivity index (χ3n) is 1.99. The van der Waals surface area contributed by atoms with Crippen LogP contribution < -0.4 is 10.6 Å². The summed E-state index contributed by atoms with van der Waals surface area (Å²) in [5.41, 5.74) is 0. The monoisotopic (exact) mass is 231 g/mol. The van der Waals surface area contributed by atoms with Crippen molar-refractivity contribution < 1.29 is 19.5 Å². The Bertz CT molecular complexity index is 280. The Hall–Kier alpha value is -1.79. The van der Waals surface area contributed by atoms with Gasteiger partial charge in [0.15, 0.2) is 0 Å². The summed E-state index contributed by atoms with van der Waals surface area (Å²) in [5.74, 6) is -1.92. The van der Waals surface area contributed by atoms with Gasteiger partial charge >= 0.3 is 12.0 Å². The van der Waals surface area contributed by atoms with Crippen molar-refractivity contribution in [2.45, 2.75) is 6.92 Å². The summed E-state index contributed by atoms with van der Waals surface area (Å²) >= 11 is 0. The molecule has 0 aromatic rings. The molecule has 0 heterocycles. The van der Waals surface area contributed by atoms with Crippen LogP contribution in [0.3, 0.4) is 0 Å². The molecule has 1 atom stereocenters. The number of hydrogen-bond donors (Lipinski definition) is 3. The average Bonchev–Trinajstić information content (AvgIpc) is 2.24. The van der Waals surface area contributed by atoms with Gasteiger partial charge in [0.25, 0.3) is 0 Å². The van der Waals surface area contributed by atoms with Gasteiger partial charge in [-0.2, -0.15) is 0 Å². The lowest BCUT2D eigenvalue weighted by Crippen LogP contribution is -2.44. The lowest BCUT2D eigenvalue weighted by atomic mass is 10.2. The Morgan fingerprint density at radius 3 is 2.38 bits per heavy atom. The predicted octanol–water partition coefficient (Wildman–Crippen LogP) is -0.905. The van der Waals surface area contributed by atoms with Crippen molar-refractivity contribution in [1.82, 2.24) is 15.5 Å². The fraction of sp³-hybridized carbons (Fsp3) is 0.667. The van der Waals surface area contributed by atoms with Crippen molar-refractivity contribution in [2.24, 2.45) is 5.92 Å². The fourth-order valence-corrected chi connectivity index (χ4v) is 0.829. The van der Waals surface area contributed by atoms with Gasteiger partial charge in [-0.1, -0.05) is 6.92 Å². The van der Waals surface area contributed by atoms with Crippen molar-refractivity contribution in [1.29, 1.82) is 0 Å². The Morgan fingerprint density at radius 1 is 1.38 bits per heavy atom. The molecule has 0 aromatic carbocycles. The number of amides is 3. The second-order valence-electron chi connectivity index (χ2n) is 3.45. The first-order valence-electron chi connectivity index (χ1n) is 4.80. The van der Waals surface area contributed by atoms with Gasteiger partial charge in [-0.3, -0.25) is 9.59 Å². The number of urea groups is 1. The van der Waals surface area contributed by atoms with Crippen molar-refractivity contribution in [2.75, 3.05) is 27.2 Å². The van der Waals surface area contributed by atoms with E-state index in [0.29, 0.717) is 0 Å². The Balaban J connectivity index is 3.97. The molecule has 0 saturated carbocycles. The molecule has 0 aliphatic rings. The van der Waals surface area contributed by atoms with Gasteiger partial charge in [-0.25, -0.2) is 4.79 Å². The zero-order valence-electron chi connectivity index (χ0n) is 9.61. The molecule has 0 bridgehead atoms. The van der Waals surface area contributed by atoms with Gasteiger partial charge in [0.05, 0.1) is 5.92 Å². The summed E-state index contributed by atoms with van der Waals surface area (Å²) in [4.78, 5) is 34.0. The normalized spacial score (nSPS) is 11.4. The van der Waals surface area contributed by atoms with E-state index in [9.17, 15) is 14.4 Å². The summed E-state index contributed by atoms with van der Waals surface area (Å²) in [7, 11) is 2.93. The van der Waals surface area contributed by atoms with Gasteiger partial charge in [-0.15, -0.1) is 0 Å². The predicted molar refractivity (Wildman–Crippen MR) is 56.9 cm³/mol. The standard InChI is InChI=1S/C9H17N3O4/c1-6(8(14)15)4-11-9(16)12(3)5-7(13)10-2/h6H,4-5H2,1-3H3,(H,10,13)(H,11,16)(H,14,15). The summed E-state index contributed by atoms with van der Waals surface area (Å²) in [6.45, 7) is 1.46. The maximum absolute atomic E-state index is 11.4. The van der Waals surface area contributed by atoms with Crippen LogP contribution in [0.5, 0.6) is 0 Å². The van der Waals surface area contributed by atoms with Crippen LogP contribution in [0.1, 0.15) is 6.92 Å². The van der Waals surface area contributed by atoms with E-state index >= 15 is 0 Å².